The van der Waals surface area contributed by atoms with Gasteiger partial charge >= 0.3 is 0 Å². The molecule has 3 aliphatic heterocycles. The monoisotopic (exact) mass is 305 g/mol. The number of hydrogen-bond donors (Lipinski definition) is 2. The summed E-state index contributed by atoms with van der Waals surface area (Å²) in [5, 5.41) is 7.02. The first kappa shape index (κ1) is 15.1. The smallest absolute Gasteiger partial charge is 0.0826 e. The van der Waals surface area contributed by atoms with Crippen LogP contribution >= 0.6 is 0 Å². The van der Waals surface area contributed by atoms with Gasteiger partial charge in [0.1, 0.15) is 0 Å². The number of quaternary nitrogens is 1. The van der Waals surface area contributed by atoms with Crippen molar-refractivity contribution in [2.45, 2.75) is 24.8 Å². The van der Waals surface area contributed by atoms with Gasteiger partial charge in [0.25, 0.3) is 0 Å². The molecule has 3 fully saturated rings. The van der Waals surface area contributed by atoms with Crippen LogP contribution in [0.5, 0.6) is 0 Å². The zero-order valence-corrected chi connectivity index (χ0v) is 14.2. The number of nitrogens with zero attached hydrogens (tertiary/aromatic N) is 2. The maximum absolute atomic E-state index is 3.53. The minimum atomic E-state index is 0.372. The zero-order chi connectivity index (χ0) is 15.0. The molecule has 2 N–H and O–H groups in total. The highest BCUT2D eigenvalue weighted by atomic mass is 15.4. The second kappa shape index (κ2) is 5.90. The van der Waals surface area contributed by atoms with Gasteiger partial charge < -0.3 is 15.1 Å². The van der Waals surface area contributed by atoms with Gasteiger partial charge in [-0.3, -0.25) is 4.90 Å². The van der Waals surface area contributed by atoms with Crippen LogP contribution in [0.2, 0.25) is 0 Å². The summed E-state index contributed by atoms with van der Waals surface area (Å²) in [5.41, 5.74) is 0.372. The Hall–Kier alpha value is -0.420. The molecule has 0 amide bonds. The van der Waals surface area contributed by atoms with Gasteiger partial charge in [-0.1, -0.05) is 12.2 Å². The second-order valence-electron chi connectivity index (χ2n) is 8.49. The number of piperazine rings is 1. The van der Waals surface area contributed by atoms with Gasteiger partial charge in [-0.15, -0.1) is 0 Å². The average molecular weight is 305 g/mol. The Kier molecular flexibility index (Phi) is 4.05. The molecule has 4 heteroatoms. The van der Waals surface area contributed by atoms with Crippen molar-refractivity contribution in [3.8, 4) is 0 Å². The van der Waals surface area contributed by atoms with Gasteiger partial charge in [0, 0.05) is 51.0 Å². The molecule has 0 radical (unpaired) electrons. The molecule has 4 rings (SSSR count). The molecule has 0 bridgehead atoms. The molecule has 0 aromatic rings. The van der Waals surface area contributed by atoms with E-state index >= 15 is 0 Å². The lowest BCUT2D eigenvalue weighted by molar-refractivity contribution is -0.902. The van der Waals surface area contributed by atoms with Crippen molar-refractivity contribution in [3.05, 3.63) is 12.2 Å². The lowest BCUT2D eigenvalue weighted by Gasteiger charge is -2.37. The maximum Gasteiger partial charge on any atom is 0.0826 e. The summed E-state index contributed by atoms with van der Waals surface area (Å²) in [6, 6.07) is 0. The van der Waals surface area contributed by atoms with E-state index in [1.807, 2.05) is 0 Å². The molecule has 3 atom stereocenters. The molecule has 0 saturated carbocycles. The van der Waals surface area contributed by atoms with Crippen LogP contribution < -0.4 is 10.6 Å². The van der Waals surface area contributed by atoms with Crippen LogP contribution in [-0.2, 0) is 0 Å². The van der Waals surface area contributed by atoms with E-state index in [0.717, 1.165) is 24.9 Å². The number of nitrogens with one attached hydrogen (secondary N) is 2. The van der Waals surface area contributed by atoms with Crippen molar-refractivity contribution in [3.63, 3.8) is 0 Å². The van der Waals surface area contributed by atoms with E-state index in [2.05, 4.69) is 34.7 Å². The molecule has 4 nitrogen and oxygen atoms in total. The number of hydrogen-bond acceptors (Lipinski definition) is 3. The van der Waals surface area contributed by atoms with Crippen molar-refractivity contribution in [2.75, 3.05) is 66.0 Å². The Balaban J connectivity index is 1.31. The largest absolute Gasteiger partial charge is 0.326 e. The fourth-order valence-corrected chi connectivity index (χ4v) is 5.24. The Morgan fingerprint density at radius 1 is 1.09 bits per heavy atom. The molecular formula is C18H33N4+. The minimum absolute atomic E-state index is 0.372. The number of likely N-dealkylation sites (tertiary alicyclic amines) is 1. The fraction of sp³-hybridized carbons (Fsp3) is 0.889. The fourth-order valence-electron chi connectivity index (χ4n) is 5.24. The van der Waals surface area contributed by atoms with Crippen molar-refractivity contribution >= 4 is 0 Å². The van der Waals surface area contributed by atoms with Gasteiger partial charge in [-0.2, -0.15) is 0 Å². The van der Waals surface area contributed by atoms with E-state index in [0.29, 0.717) is 5.54 Å². The number of rotatable bonds is 5. The third-order valence-corrected chi connectivity index (χ3v) is 6.51. The van der Waals surface area contributed by atoms with E-state index < -0.39 is 0 Å². The van der Waals surface area contributed by atoms with Crippen molar-refractivity contribution in [1.29, 1.82) is 0 Å². The lowest BCUT2D eigenvalue weighted by atomic mass is 9.94. The first-order chi connectivity index (χ1) is 10.7. The van der Waals surface area contributed by atoms with Crippen molar-refractivity contribution in [1.82, 2.24) is 15.5 Å². The highest BCUT2D eigenvalue weighted by Gasteiger charge is 2.46. The quantitative estimate of drug-likeness (QED) is 0.577. The van der Waals surface area contributed by atoms with Crippen LogP contribution in [-0.4, -0.2) is 80.9 Å². The molecule has 1 aliphatic carbocycles. The summed E-state index contributed by atoms with van der Waals surface area (Å²) in [5.74, 6) is 1.84. The van der Waals surface area contributed by atoms with Crippen molar-refractivity contribution < 1.29 is 4.48 Å². The summed E-state index contributed by atoms with van der Waals surface area (Å²) in [6.45, 7) is 11.5. The van der Waals surface area contributed by atoms with Gasteiger partial charge in [-0.05, 0) is 19.4 Å². The highest BCUT2D eigenvalue weighted by Crippen LogP contribution is 2.41. The molecule has 4 aliphatic rings. The average Bonchev–Trinajstić information content (AvgIpc) is 2.95. The molecule has 0 aromatic carbocycles. The highest BCUT2D eigenvalue weighted by molar-refractivity contribution is 5.34. The van der Waals surface area contributed by atoms with E-state index in [1.54, 1.807) is 0 Å². The van der Waals surface area contributed by atoms with E-state index in [1.165, 1.54) is 69.6 Å². The molecule has 0 spiro atoms. The van der Waals surface area contributed by atoms with Crippen LogP contribution in [0.25, 0.3) is 0 Å². The topological polar surface area (TPSA) is 27.3 Å². The Bertz CT molecular complexity index is 417. The van der Waals surface area contributed by atoms with Crippen molar-refractivity contribution in [2.24, 2.45) is 11.8 Å². The lowest BCUT2D eigenvalue weighted by Crippen LogP contribution is -2.51. The van der Waals surface area contributed by atoms with Crippen LogP contribution in [0.4, 0.5) is 0 Å². The van der Waals surface area contributed by atoms with Gasteiger partial charge in [0.2, 0.25) is 0 Å². The predicted octanol–water partition coefficient (Wildman–Crippen LogP) is 0.666. The summed E-state index contributed by atoms with van der Waals surface area (Å²) in [7, 11) is 2.51. The third kappa shape index (κ3) is 3.12. The first-order valence-electron chi connectivity index (χ1n) is 9.38. The first-order valence-corrected chi connectivity index (χ1v) is 9.38. The van der Waals surface area contributed by atoms with Gasteiger partial charge in [-0.25, -0.2) is 0 Å². The molecular weight excluding hydrogens is 272 g/mol. The molecule has 3 saturated heterocycles. The van der Waals surface area contributed by atoms with Gasteiger partial charge in [0.15, 0.2) is 0 Å². The van der Waals surface area contributed by atoms with E-state index in [-0.39, 0.29) is 0 Å². The molecule has 22 heavy (non-hydrogen) atoms. The Morgan fingerprint density at radius 2 is 1.91 bits per heavy atom. The summed E-state index contributed by atoms with van der Waals surface area (Å²) >= 11 is 0. The van der Waals surface area contributed by atoms with E-state index in [9.17, 15) is 0 Å². The summed E-state index contributed by atoms with van der Waals surface area (Å²) < 4.78 is 1.33. The molecule has 0 aromatic heterocycles. The zero-order valence-electron chi connectivity index (χ0n) is 14.2. The summed E-state index contributed by atoms with van der Waals surface area (Å²) in [4.78, 5) is 2.72. The Labute approximate surface area is 135 Å². The van der Waals surface area contributed by atoms with Crippen LogP contribution in [0, 0.1) is 11.8 Å². The molecule has 3 heterocycles. The van der Waals surface area contributed by atoms with Crippen LogP contribution in [0.3, 0.4) is 0 Å². The second-order valence-corrected chi connectivity index (χ2v) is 8.49. The van der Waals surface area contributed by atoms with Crippen LogP contribution in [0.1, 0.15) is 19.3 Å². The Morgan fingerprint density at radius 3 is 2.59 bits per heavy atom. The summed E-state index contributed by atoms with van der Waals surface area (Å²) in [6.07, 6.45) is 9.16. The third-order valence-electron chi connectivity index (χ3n) is 6.51. The SMILES string of the molecule is C[N+]1(CC2CCNC2)CC[C@@H](CC2(N3CCNCC3)C=C2)C1. The predicted molar refractivity (Wildman–Crippen MR) is 90.8 cm³/mol. The van der Waals surface area contributed by atoms with Crippen LogP contribution in [0.15, 0.2) is 12.2 Å². The van der Waals surface area contributed by atoms with Gasteiger partial charge in [0.05, 0.1) is 32.2 Å². The standard InChI is InChI=1S/C18H33N4/c1-22(15-17-2-6-20-13-17)11-3-16(14-22)12-18(4-5-18)21-9-7-19-8-10-21/h4-5,16-17,19-20H,2-3,6-15H2,1H3/q+1/t16-,17?,22?/m0/s1. The maximum atomic E-state index is 3.53. The molecule has 2 unspecified atom stereocenters. The van der Waals surface area contributed by atoms with E-state index in [4.69, 9.17) is 0 Å². The molecule has 124 valence electrons. The minimum Gasteiger partial charge on any atom is -0.326 e. The normalized spacial score (nSPS) is 41.1.